The van der Waals surface area contributed by atoms with Crippen molar-refractivity contribution in [2.75, 3.05) is 7.11 Å². The first kappa shape index (κ1) is 18.9. The van der Waals surface area contributed by atoms with Crippen LogP contribution < -0.4 is 10.2 Å². The van der Waals surface area contributed by atoms with Gasteiger partial charge in [0, 0.05) is 11.1 Å². The first-order valence-electron chi connectivity index (χ1n) is 8.39. The number of aromatic carboxylic acids is 1. The lowest BCUT2D eigenvalue weighted by Crippen LogP contribution is -2.17. The van der Waals surface area contributed by atoms with E-state index in [1.165, 1.54) is 13.3 Å². The summed E-state index contributed by atoms with van der Waals surface area (Å²) in [6, 6.07) is 15.2. The molecule has 1 heterocycles. The molecule has 0 aliphatic carbocycles. The standard InChI is InChI=1S/C21H18N2O5/c1-13-6-7-14(11-18(13)21(25)26)19-9-8-17(28-19)12-22-23-20(24)15-4-3-5-16(10-15)27-2/h3-12H,1-2H3,(H,23,24)(H,25,26)/b22-12-. The minimum atomic E-state index is -0.993. The van der Waals surface area contributed by atoms with Crippen molar-refractivity contribution in [1.29, 1.82) is 0 Å². The SMILES string of the molecule is COc1cccc(C(=O)N/N=C\c2ccc(-c3ccc(C)c(C(=O)O)c3)o2)c1. The van der Waals surface area contributed by atoms with E-state index in [2.05, 4.69) is 10.5 Å². The van der Waals surface area contributed by atoms with Crippen LogP contribution in [0.5, 0.6) is 5.75 Å². The normalized spacial score (nSPS) is 10.8. The zero-order valence-corrected chi connectivity index (χ0v) is 15.3. The number of nitrogens with one attached hydrogen (secondary N) is 1. The zero-order chi connectivity index (χ0) is 20.1. The molecular weight excluding hydrogens is 360 g/mol. The Labute approximate surface area is 161 Å². The van der Waals surface area contributed by atoms with Crippen LogP contribution in [0.4, 0.5) is 0 Å². The van der Waals surface area contributed by atoms with Gasteiger partial charge in [-0.15, -0.1) is 0 Å². The molecule has 2 aromatic carbocycles. The molecule has 0 unspecified atom stereocenters. The van der Waals surface area contributed by atoms with Crippen LogP contribution in [0.3, 0.4) is 0 Å². The average Bonchev–Trinajstić information content (AvgIpc) is 3.17. The lowest BCUT2D eigenvalue weighted by atomic mass is 10.0. The van der Waals surface area contributed by atoms with Crippen molar-refractivity contribution >= 4 is 18.1 Å². The van der Waals surface area contributed by atoms with Crippen LogP contribution in [-0.2, 0) is 0 Å². The van der Waals surface area contributed by atoms with E-state index < -0.39 is 5.97 Å². The molecule has 0 fully saturated rings. The second-order valence-corrected chi connectivity index (χ2v) is 5.97. The summed E-state index contributed by atoms with van der Waals surface area (Å²) < 4.78 is 10.7. The molecule has 0 aliphatic rings. The maximum Gasteiger partial charge on any atom is 0.335 e. The maximum absolute atomic E-state index is 12.1. The molecule has 0 saturated carbocycles. The van der Waals surface area contributed by atoms with Gasteiger partial charge in [0.15, 0.2) is 0 Å². The van der Waals surface area contributed by atoms with Crippen LogP contribution in [-0.4, -0.2) is 30.3 Å². The predicted molar refractivity (Wildman–Crippen MR) is 104 cm³/mol. The monoisotopic (exact) mass is 378 g/mol. The van der Waals surface area contributed by atoms with Gasteiger partial charge in [-0.2, -0.15) is 5.10 Å². The molecule has 0 atom stereocenters. The summed E-state index contributed by atoms with van der Waals surface area (Å²) in [6.45, 7) is 1.73. The Morgan fingerprint density at radius 1 is 1.14 bits per heavy atom. The number of carboxylic acid groups (broad SMARTS) is 1. The molecule has 0 aliphatic heterocycles. The molecule has 3 aromatic rings. The van der Waals surface area contributed by atoms with Crippen molar-refractivity contribution < 1.29 is 23.8 Å². The van der Waals surface area contributed by atoms with E-state index in [0.717, 1.165) is 0 Å². The summed E-state index contributed by atoms with van der Waals surface area (Å²) in [5.74, 6) is 0.118. The summed E-state index contributed by atoms with van der Waals surface area (Å²) in [5.41, 5.74) is 4.36. The first-order valence-corrected chi connectivity index (χ1v) is 8.39. The highest BCUT2D eigenvalue weighted by molar-refractivity contribution is 5.95. The third-order valence-corrected chi connectivity index (χ3v) is 4.07. The van der Waals surface area contributed by atoms with Crippen LogP contribution in [0.15, 0.2) is 64.1 Å². The number of methoxy groups -OCH3 is 1. The number of hydrazone groups is 1. The Hall–Kier alpha value is -3.87. The molecular formula is C21H18N2O5. The number of hydrogen-bond acceptors (Lipinski definition) is 5. The molecule has 0 spiro atoms. The largest absolute Gasteiger partial charge is 0.497 e. The van der Waals surface area contributed by atoms with Crippen molar-refractivity contribution in [3.63, 3.8) is 0 Å². The second-order valence-electron chi connectivity index (χ2n) is 5.97. The number of ether oxygens (including phenoxy) is 1. The molecule has 28 heavy (non-hydrogen) atoms. The van der Waals surface area contributed by atoms with Gasteiger partial charge in [0.1, 0.15) is 17.3 Å². The van der Waals surface area contributed by atoms with Crippen molar-refractivity contribution in [2.45, 2.75) is 6.92 Å². The van der Waals surface area contributed by atoms with Gasteiger partial charge in [0.25, 0.3) is 5.91 Å². The van der Waals surface area contributed by atoms with E-state index in [-0.39, 0.29) is 11.5 Å². The van der Waals surface area contributed by atoms with Gasteiger partial charge in [0.05, 0.1) is 18.9 Å². The summed E-state index contributed by atoms with van der Waals surface area (Å²) in [7, 11) is 1.52. The lowest BCUT2D eigenvalue weighted by molar-refractivity contribution is 0.0696. The van der Waals surface area contributed by atoms with E-state index in [4.69, 9.17) is 9.15 Å². The zero-order valence-electron chi connectivity index (χ0n) is 15.3. The summed E-state index contributed by atoms with van der Waals surface area (Å²) in [6.07, 6.45) is 1.37. The highest BCUT2D eigenvalue weighted by atomic mass is 16.5. The number of rotatable bonds is 6. The summed E-state index contributed by atoms with van der Waals surface area (Å²) >= 11 is 0. The summed E-state index contributed by atoms with van der Waals surface area (Å²) in [4.78, 5) is 23.4. The van der Waals surface area contributed by atoms with Gasteiger partial charge in [-0.25, -0.2) is 10.2 Å². The first-order chi connectivity index (χ1) is 13.5. The molecule has 0 saturated heterocycles. The Morgan fingerprint density at radius 3 is 2.71 bits per heavy atom. The number of hydrogen-bond donors (Lipinski definition) is 2. The summed E-state index contributed by atoms with van der Waals surface area (Å²) in [5, 5.41) is 13.1. The number of furan rings is 1. The molecule has 142 valence electrons. The van der Waals surface area contributed by atoms with Gasteiger partial charge in [-0.1, -0.05) is 18.2 Å². The molecule has 0 bridgehead atoms. The fraction of sp³-hybridized carbons (Fsp3) is 0.0952. The van der Waals surface area contributed by atoms with Gasteiger partial charge in [-0.05, 0) is 48.9 Å². The molecule has 0 radical (unpaired) electrons. The van der Waals surface area contributed by atoms with Gasteiger partial charge in [-0.3, -0.25) is 4.79 Å². The van der Waals surface area contributed by atoms with Crippen LogP contribution in [0, 0.1) is 6.92 Å². The Kier molecular flexibility index (Phi) is 5.55. The van der Waals surface area contributed by atoms with Crippen LogP contribution >= 0.6 is 0 Å². The van der Waals surface area contributed by atoms with E-state index in [1.54, 1.807) is 61.5 Å². The van der Waals surface area contributed by atoms with E-state index in [9.17, 15) is 14.7 Å². The molecule has 7 nitrogen and oxygen atoms in total. The number of carbonyl (C=O) groups excluding carboxylic acids is 1. The Balaban J connectivity index is 1.70. The number of nitrogens with zero attached hydrogens (tertiary/aromatic N) is 1. The predicted octanol–water partition coefficient (Wildman–Crippen LogP) is 3.73. The highest BCUT2D eigenvalue weighted by Gasteiger charge is 2.11. The van der Waals surface area contributed by atoms with Crippen molar-refractivity contribution in [3.05, 3.63) is 77.0 Å². The number of carbonyl (C=O) groups is 2. The van der Waals surface area contributed by atoms with Crippen LogP contribution in [0.1, 0.15) is 32.0 Å². The smallest absolute Gasteiger partial charge is 0.335 e. The number of aryl methyl sites for hydroxylation is 1. The number of amides is 1. The maximum atomic E-state index is 12.1. The van der Waals surface area contributed by atoms with Gasteiger partial charge in [0.2, 0.25) is 0 Å². The van der Waals surface area contributed by atoms with Crippen LogP contribution in [0.2, 0.25) is 0 Å². The molecule has 2 N–H and O–H groups in total. The third-order valence-electron chi connectivity index (χ3n) is 4.07. The quantitative estimate of drug-likeness (QED) is 0.503. The average molecular weight is 378 g/mol. The molecule has 7 heteroatoms. The fourth-order valence-electron chi connectivity index (χ4n) is 2.57. The van der Waals surface area contributed by atoms with Crippen molar-refractivity contribution in [1.82, 2.24) is 5.43 Å². The Morgan fingerprint density at radius 2 is 1.96 bits per heavy atom. The van der Waals surface area contributed by atoms with E-state index >= 15 is 0 Å². The molecule has 1 aromatic heterocycles. The van der Waals surface area contributed by atoms with Gasteiger partial charge < -0.3 is 14.3 Å². The topological polar surface area (TPSA) is 101 Å². The molecule has 3 rings (SSSR count). The minimum absolute atomic E-state index is 0.217. The number of benzene rings is 2. The highest BCUT2D eigenvalue weighted by Crippen LogP contribution is 2.24. The minimum Gasteiger partial charge on any atom is -0.497 e. The second kappa shape index (κ2) is 8.22. The van der Waals surface area contributed by atoms with Crippen molar-refractivity contribution in [3.8, 4) is 17.1 Å². The van der Waals surface area contributed by atoms with Gasteiger partial charge >= 0.3 is 5.97 Å². The Bertz CT molecular complexity index is 1050. The lowest BCUT2D eigenvalue weighted by Gasteiger charge is -2.03. The van der Waals surface area contributed by atoms with E-state index in [0.29, 0.717) is 34.0 Å². The number of carboxylic acids is 1. The van der Waals surface area contributed by atoms with Crippen LogP contribution in [0.25, 0.3) is 11.3 Å². The third kappa shape index (κ3) is 4.27. The van der Waals surface area contributed by atoms with E-state index in [1.807, 2.05) is 0 Å². The molecule has 1 amide bonds. The fourth-order valence-corrected chi connectivity index (χ4v) is 2.57. The van der Waals surface area contributed by atoms with Crippen molar-refractivity contribution in [2.24, 2.45) is 5.10 Å².